The van der Waals surface area contributed by atoms with Crippen molar-refractivity contribution in [3.63, 3.8) is 0 Å². The molecule has 0 spiro atoms. The fraction of sp³-hybridized carbons (Fsp3) is 0.0556. The highest BCUT2D eigenvalue weighted by Gasteiger charge is 2.10. The molecule has 1 N–H and O–H groups in total. The van der Waals surface area contributed by atoms with Gasteiger partial charge in [0.2, 0.25) is 5.91 Å². The maximum atomic E-state index is 12.2. The van der Waals surface area contributed by atoms with Gasteiger partial charge in [0.15, 0.2) is 0 Å². The predicted octanol–water partition coefficient (Wildman–Crippen LogP) is 2.46. The molecule has 130 valence electrons. The second-order valence-electron chi connectivity index (χ2n) is 5.43. The van der Waals surface area contributed by atoms with E-state index in [4.69, 9.17) is 0 Å². The van der Waals surface area contributed by atoms with Crippen LogP contribution in [0.15, 0.2) is 71.5 Å². The van der Waals surface area contributed by atoms with E-state index in [0.717, 1.165) is 10.2 Å². The SMILES string of the molecule is O=C(Cn1nc(-c2ccccc2)ccc1=O)Nc1ccc([N+](=O)[O-])cc1. The van der Waals surface area contributed by atoms with Crippen molar-refractivity contribution in [2.24, 2.45) is 0 Å². The molecule has 0 saturated carbocycles. The number of hydrogen-bond donors (Lipinski definition) is 1. The van der Waals surface area contributed by atoms with Gasteiger partial charge in [-0.3, -0.25) is 19.7 Å². The summed E-state index contributed by atoms with van der Waals surface area (Å²) < 4.78 is 1.07. The highest BCUT2D eigenvalue weighted by atomic mass is 16.6. The number of benzene rings is 2. The van der Waals surface area contributed by atoms with Gasteiger partial charge >= 0.3 is 0 Å². The Labute approximate surface area is 147 Å². The lowest BCUT2D eigenvalue weighted by Gasteiger charge is -2.08. The highest BCUT2D eigenvalue weighted by Crippen LogP contribution is 2.16. The van der Waals surface area contributed by atoms with E-state index in [1.165, 1.54) is 30.3 Å². The molecule has 1 aromatic heterocycles. The van der Waals surface area contributed by atoms with Gasteiger partial charge in [0, 0.05) is 29.4 Å². The van der Waals surface area contributed by atoms with E-state index >= 15 is 0 Å². The Morgan fingerprint density at radius 3 is 2.38 bits per heavy atom. The first-order chi connectivity index (χ1) is 12.5. The normalized spacial score (nSPS) is 10.3. The number of rotatable bonds is 5. The van der Waals surface area contributed by atoms with Crippen LogP contribution in [0.3, 0.4) is 0 Å². The van der Waals surface area contributed by atoms with Crippen molar-refractivity contribution >= 4 is 17.3 Å². The van der Waals surface area contributed by atoms with Crippen molar-refractivity contribution in [2.45, 2.75) is 6.54 Å². The van der Waals surface area contributed by atoms with Crippen LogP contribution < -0.4 is 10.9 Å². The van der Waals surface area contributed by atoms with Gasteiger partial charge in [-0.15, -0.1) is 0 Å². The first-order valence-electron chi connectivity index (χ1n) is 7.71. The lowest BCUT2D eigenvalue weighted by Crippen LogP contribution is -2.29. The molecule has 0 aliphatic carbocycles. The van der Waals surface area contributed by atoms with Crippen LogP contribution in [0.25, 0.3) is 11.3 Å². The number of nitro benzene ring substituents is 1. The molecule has 3 aromatic rings. The average molecular weight is 350 g/mol. The number of aromatic nitrogens is 2. The van der Waals surface area contributed by atoms with E-state index in [-0.39, 0.29) is 12.2 Å². The van der Waals surface area contributed by atoms with Gasteiger partial charge in [-0.05, 0) is 18.2 Å². The van der Waals surface area contributed by atoms with E-state index in [0.29, 0.717) is 11.4 Å². The Morgan fingerprint density at radius 1 is 1.04 bits per heavy atom. The minimum Gasteiger partial charge on any atom is -0.324 e. The third-order valence-corrected chi connectivity index (χ3v) is 3.59. The van der Waals surface area contributed by atoms with E-state index in [2.05, 4.69) is 10.4 Å². The summed E-state index contributed by atoms with van der Waals surface area (Å²) in [6.07, 6.45) is 0. The summed E-state index contributed by atoms with van der Waals surface area (Å²) in [5.74, 6) is -0.460. The van der Waals surface area contributed by atoms with Crippen LogP contribution >= 0.6 is 0 Å². The molecule has 3 rings (SSSR count). The maximum Gasteiger partial charge on any atom is 0.269 e. The quantitative estimate of drug-likeness (QED) is 0.562. The maximum absolute atomic E-state index is 12.2. The molecular formula is C18H14N4O4. The first kappa shape index (κ1) is 17.0. The minimum absolute atomic E-state index is 0.0727. The van der Waals surface area contributed by atoms with Gasteiger partial charge in [0.1, 0.15) is 6.54 Å². The topological polar surface area (TPSA) is 107 Å². The van der Waals surface area contributed by atoms with Crippen molar-refractivity contribution in [1.29, 1.82) is 0 Å². The van der Waals surface area contributed by atoms with Crippen molar-refractivity contribution in [3.05, 3.63) is 87.2 Å². The third-order valence-electron chi connectivity index (χ3n) is 3.59. The summed E-state index contributed by atoms with van der Waals surface area (Å²) in [5.41, 5.74) is 1.33. The molecule has 0 radical (unpaired) electrons. The number of nitrogens with zero attached hydrogens (tertiary/aromatic N) is 3. The van der Waals surface area contributed by atoms with Crippen LogP contribution in [0.4, 0.5) is 11.4 Å². The van der Waals surface area contributed by atoms with Gasteiger partial charge in [-0.25, -0.2) is 4.68 Å². The Hall–Kier alpha value is -3.81. The lowest BCUT2D eigenvalue weighted by atomic mass is 10.1. The molecule has 1 heterocycles. The van der Waals surface area contributed by atoms with Gasteiger partial charge in [0.25, 0.3) is 11.2 Å². The summed E-state index contributed by atoms with van der Waals surface area (Å²) >= 11 is 0. The van der Waals surface area contributed by atoms with E-state index in [1.54, 1.807) is 6.07 Å². The predicted molar refractivity (Wildman–Crippen MR) is 95.7 cm³/mol. The molecule has 0 unspecified atom stereocenters. The number of nitro groups is 1. The van der Waals surface area contributed by atoms with Gasteiger partial charge in [-0.1, -0.05) is 30.3 Å². The van der Waals surface area contributed by atoms with Crippen LogP contribution in [0, 0.1) is 10.1 Å². The molecule has 2 aromatic carbocycles. The average Bonchev–Trinajstić information content (AvgIpc) is 2.64. The smallest absolute Gasteiger partial charge is 0.269 e. The fourth-order valence-electron chi connectivity index (χ4n) is 2.33. The monoisotopic (exact) mass is 350 g/mol. The molecule has 1 amide bonds. The summed E-state index contributed by atoms with van der Waals surface area (Å²) in [6, 6.07) is 17.7. The van der Waals surface area contributed by atoms with E-state index in [9.17, 15) is 19.7 Å². The summed E-state index contributed by atoms with van der Waals surface area (Å²) in [5, 5.41) is 17.4. The molecule has 0 atom stereocenters. The summed E-state index contributed by atoms with van der Waals surface area (Å²) in [7, 11) is 0. The van der Waals surface area contributed by atoms with Crippen LogP contribution in [0.5, 0.6) is 0 Å². The van der Waals surface area contributed by atoms with Crippen LogP contribution in [0.2, 0.25) is 0 Å². The number of hydrogen-bond acceptors (Lipinski definition) is 5. The zero-order chi connectivity index (χ0) is 18.5. The van der Waals surface area contributed by atoms with Gasteiger partial charge < -0.3 is 5.32 Å². The summed E-state index contributed by atoms with van der Waals surface area (Å²) in [6.45, 7) is -0.267. The Balaban J connectivity index is 1.74. The fourth-order valence-corrected chi connectivity index (χ4v) is 2.33. The van der Waals surface area contributed by atoms with Crippen LogP contribution in [0.1, 0.15) is 0 Å². The second kappa shape index (κ2) is 7.39. The van der Waals surface area contributed by atoms with Gasteiger partial charge in [-0.2, -0.15) is 5.10 Å². The third kappa shape index (κ3) is 3.99. The highest BCUT2D eigenvalue weighted by molar-refractivity contribution is 5.90. The molecular weight excluding hydrogens is 336 g/mol. The molecule has 0 saturated heterocycles. The number of anilines is 1. The number of amides is 1. The van der Waals surface area contributed by atoms with Crippen LogP contribution in [-0.4, -0.2) is 20.6 Å². The molecule has 0 aliphatic rings. The number of non-ortho nitro benzene ring substituents is 1. The lowest BCUT2D eigenvalue weighted by molar-refractivity contribution is -0.384. The van der Waals surface area contributed by atoms with Crippen molar-refractivity contribution in [1.82, 2.24) is 9.78 Å². The molecule has 0 aliphatic heterocycles. The van der Waals surface area contributed by atoms with Gasteiger partial charge in [0.05, 0.1) is 10.6 Å². The summed E-state index contributed by atoms with van der Waals surface area (Å²) in [4.78, 5) is 34.2. The van der Waals surface area contributed by atoms with Crippen molar-refractivity contribution in [2.75, 3.05) is 5.32 Å². The number of nitrogens with one attached hydrogen (secondary N) is 1. The molecule has 26 heavy (non-hydrogen) atoms. The van der Waals surface area contributed by atoms with E-state index < -0.39 is 16.4 Å². The standard InChI is InChI=1S/C18H14N4O4/c23-17(19-14-6-8-15(9-7-14)22(25)26)12-21-18(24)11-10-16(20-21)13-4-2-1-3-5-13/h1-11H,12H2,(H,19,23). The van der Waals surface area contributed by atoms with Crippen molar-refractivity contribution < 1.29 is 9.72 Å². The zero-order valence-corrected chi connectivity index (χ0v) is 13.5. The molecule has 0 fully saturated rings. The number of carbonyl (C=O) groups excluding carboxylic acids is 1. The molecule has 0 bridgehead atoms. The molecule has 8 heteroatoms. The largest absolute Gasteiger partial charge is 0.324 e. The minimum atomic E-state index is -0.524. The van der Waals surface area contributed by atoms with E-state index in [1.807, 2.05) is 30.3 Å². The Morgan fingerprint density at radius 2 is 1.73 bits per heavy atom. The second-order valence-corrected chi connectivity index (χ2v) is 5.43. The number of carbonyl (C=O) groups is 1. The Bertz CT molecular complexity index is 998. The molecule has 8 nitrogen and oxygen atoms in total. The zero-order valence-electron chi connectivity index (χ0n) is 13.5. The van der Waals surface area contributed by atoms with Crippen molar-refractivity contribution in [3.8, 4) is 11.3 Å². The Kier molecular flexibility index (Phi) is 4.84. The first-order valence-corrected chi connectivity index (χ1v) is 7.71. The van der Waals surface area contributed by atoms with Crippen LogP contribution in [-0.2, 0) is 11.3 Å².